The molecule has 1 aromatic carbocycles. The van der Waals surface area contributed by atoms with Gasteiger partial charge in [-0.3, -0.25) is 9.48 Å². The average molecular weight is 391 g/mol. The van der Waals surface area contributed by atoms with Crippen molar-refractivity contribution >= 4 is 15.9 Å². The standard InChI is InChI=1S/C18H25N5O3S/c1-13-4-5-17(14(2)10-13)27(25,26)23-8-6-15(7-9-23)18(24)19-11-16-12-20-21-22(16)3/h4-5,10,12,15H,6-9,11H2,1-3H3,(H,19,24). The molecule has 1 fully saturated rings. The molecule has 1 N–H and O–H groups in total. The molecule has 2 heterocycles. The molecule has 1 saturated heterocycles. The Kier molecular flexibility index (Phi) is 5.61. The molecule has 9 heteroatoms. The minimum Gasteiger partial charge on any atom is -0.350 e. The van der Waals surface area contributed by atoms with Crippen molar-refractivity contribution in [3.05, 3.63) is 41.2 Å². The van der Waals surface area contributed by atoms with Crippen molar-refractivity contribution in [1.82, 2.24) is 24.6 Å². The van der Waals surface area contributed by atoms with Crippen molar-refractivity contribution in [2.75, 3.05) is 13.1 Å². The highest BCUT2D eigenvalue weighted by molar-refractivity contribution is 7.89. The third-order valence-electron chi connectivity index (χ3n) is 5.02. The Morgan fingerprint density at radius 1 is 1.26 bits per heavy atom. The SMILES string of the molecule is Cc1ccc(S(=O)(=O)N2CCC(C(=O)NCc3cnnn3C)CC2)c(C)c1. The summed E-state index contributed by atoms with van der Waals surface area (Å²) in [5.41, 5.74) is 2.60. The van der Waals surface area contributed by atoms with E-state index >= 15 is 0 Å². The van der Waals surface area contributed by atoms with E-state index in [1.807, 2.05) is 26.0 Å². The van der Waals surface area contributed by atoms with Gasteiger partial charge >= 0.3 is 0 Å². The number of nitrogens with one attached hydrogen (secondary N) is 1. The molecule has 146 valence electrons. The summed E-state index contributed by atoms with van der Waals surface area (Å²) >= 11 is 0. The maximum absolute atomic E-state index is 12.9. The average Bonchev–Trinajstić information content (AvgIpc) is 3.04. The van der Waals surface area contributed by atoms with Gasteiger partial charge in [-0.2, -0.15) is 4.31 Å². The number of aromatic nitrogens is 3. The minimum absolute atomic E-state index is 0.0558. The number of aryl methyl sites for hydroxylation is 3. The van der Waals surface area contributed by atoms with Gasteiger partial charge in [-0.1, -0.05) is 22.9 Å². The molecule has 3 rings (SSSR count). The maximum Gasteiger partial charge on any atom is 0.243 e. The fraction of sp³-hybridized carbons (Fsp3) is 0.500. The molecular weight excluding hydrogens is 366 g/mol. The molecule has 0 saturated carbocycles. The summed E-state index contributed by atoms with van der Waals surface area (Å²) in [7, 11) is -1.76. The van der Waals surface area contributed by atoms with Crippen LogP contribution in [0.25, 0.3) is 0 Å². The third kappa shape index (κ3) is 4.19. The van der Waals surface area contributed by atoms with Crippen molar-refractivity contribution in [1.29, 1.82) is 0 Å². The Bertz CT molecular complexity index is 930. The van der Waals surface area contributed by atoms with Gasteiger partial charge in [0.2, 0.25) is 15.9 Å². The smallest absolute Gasteiger partial charge is 0.243 e. The number of piperidine rings is 1. The van der Waals surface area contributed by atoms with Crippen molar-refractivity contribution in [3.63, 3.8) is 0 Å². The van der Waals surface area contributed by atoms with E-state index in [0.29, 0.717) is 37.4 Å². The number of carbonyl (C=O) groups excluding carboxylic acids is 1. The lowest BCUT2D eigenvalue weighted by Gasteiger charge is -2.31. The fourth-order valence-electron chi connectivity index (χ4n) is 3.38. The number of hydrogen-bond acceptors (Lipinski definition) is 5. The zero-order valence-corrected chi connectivity index (χ0v) is 16.7. The van der Waals surface area contributed by atoms with E-state index in [2.05, 4.69) is 15.6 Å². The summed E-state index contributed by atoms with van der Waals surface area (Å²) in [4.78, 5) is 12.7. The van der Waals surface area contributed by atoms with Crippen LogP contribution in [0, 0.1) is 19.8 Å². The summed E-state index contributed by atoms with van der Waals surface area (Å²) in [6.45, 7) is 4.81. The minimum atomic E-state index is -3.53. The van der Waals surface area contributed by atoms with Gasteiger partial charge in [-0.05, 0) is 38.3 Å². The fourth-order valence-corrected chi connectivity index (χ4v) is 5.05. The van der Waals surface area contributed by atoms with E-state index in [9.17, 15) is 13.2 Å². The summed E-state index contributed by atoms with van der Waals surface area (Å²) in [6, 6.07) is 5.36. The molecule has 1 aromatic heterocycles. The topological polar surface area (TPSA) is 97.2 Å². The predicted molar refractivity (Wildman–Crippen MR) is 100 cm³/mol. The number of amides is 1. The molecule has 0 unspecified atom stereocenters. The normalized spacial score (nSPS) is 16.4. The lowest BCUT2D eigenvalue weighted by molar-refractivity contribution is -0.126. The molecule has 1 amide bonds. The quantitative estimate of drug-likeness (QED) is 0.825. The maximum atomic E-state index is 12.9. The number of benzene rings is 1. The van der Waals surface area contributed by atoms with Gasteiger partial charge in [0.15, 0.2) is 0 Å². The van der Waals surface area contributed by atoms with Crippen LogP contribution in [-0.4, -0.2) is 46.7 Å². The summed E-state index contributed by atoms with van der Waals surface area (Å²) in [5.74, 6) is -0.239. The molecule has 8 nitrogen and oxygen atoms in total. The molecule has 2 aromatic rings. The van der Waals surface area contributed by atoms with Gasteiger partial charge < -0.3 is 5.32 Å². The van der Waals surface area contributed by atoms with Crippen LogP contribution >= 0.6 is 0 Å². The monoisotopic (exact) mass is 391 g/mol. The summed E-state index contributed by atoms with van der Waals surface area (Å²) in [6.07, 6.45) is 2.64. The van der Waals surface area contributed by atoms with E-state index in [1.54, 1.807) is 24.0 Å². The van der Waals surface area contributed by atoms with Crippen LogP contribution in [-0.2, 0) is 28.4 Å². The Morgan fingerprint density at radius 3 is 2.56 bits per heavy atom. The molecule has 1 aliphatic heterocycles. The molecular formula is C18H25N5O3S. The van der Waals surface area contributed by atoms with Crippen molar-refractivity contribution in [3.8, 4) is 0 Å². The van der Waals surface area contributed by atoms with Crippen LogP contribution in [0.2, 0.25) is 0 Å². The van der Waals surface area contributed by atoms with E-state index in [4.69, 9.17) is 0 Å². The number of rotatable bonds is 5. The Hall–Kier alpha value is -2.26. The molecule has 0 spiro atoms. The van der Waals surface area contributed by atoms with Crippen LogP contribution in [0.4, 0.5) is 0 Å². The predicted octanol–water partition coefficient (Wildman–Crippen LogP) is 1.15. The molecule has 27 heavy (non-hydrogen) atoms. The van der Waals surface area contributed by atoms with Gasteiger partial charge in [0.05, 0.1) is 23.3 Å². The first-order chi connectivity index (χ1) is 12.8. The van der Waals surface area contributed by atoms with Crippen LogP contribution in [0.5, 0.6) is 0 Å². The highest BCUT2D eigenvalue weighted by atomic mass is 32.2. The first-order valence-corrected chi connectivity index (χ1v) is 10.4. The van der Waals surface area contributed by atoms with E-state index in [0.717, 1.165) is 16.8 Å². The van der Waals surface area contributed by atoms with Crippen molar-refractivity contribution in [2.24, 2.45) is 13.0 Å². The van der Waals surface area contributed by atoms with Gasteiger partial charge in [-0.15, -0.1) is 5.10 Å². The van der Waals surface area contributed by atoms with Gasteiger partial charge in [0.1, 0.15) is 0 Å². The van der Waals surface area contributed by atoms with E-state index < -0.39 is 10.0 Å². The van der Waals surface area contributed by atoms with Gasteiger partial charge in [0.25, 0.3) is 0 Å². The molecule has 0 radical (unpaired) electrons. The second-order valence-electron chi connectivity index (χ2n) is 7.01. The largest absolute Gasteiger partial charge is 0.350 e. The van der Waals surface area contributed by atoms with E-state index in [-0.39, 0.29) is 11.8 Å². The Morgan fingerprint density at radius 2 is 1.96 bits per heavy atom. The highest BCUT2D eigenvalue weighted by Gasteiger charge is 2.32. The number of hydrogen-bond donors (Lipinski definition) is 1. The molecule has 0 bridgehead atoms. The molecule has 1 aliphatic rings. The van der Waals surface area contributed by atoms with Crippen LogP contribution in [0.1, 0.15) is 29.7 Å². The Labute approximate surface area is 159 Å². The second kappa shape index (κ2) is 7.77. The first-order valence-electron chi connectivity index (χ1n) is 8.97. The van der Waals surface area contributed by atoms with Crippen molar-refractivity contribution in [2.45, 2.75) is 38.1 Å². The zero-order valence-electron chi connectivity index (χ0n) is 15.8. The number of sulfonamides is 1. The second-order valence-corrected chi connectivity index (χ2v) is 8.92. The van der Waals surface area contributed by atoms with Gasteiger partial charge in [0, 0.05) is 26.1 Å². The lowest BCUT2D eigenvalue weighted by Crippen LogP contribution is -2.43. The first kappa shape index (κ1) is 19.5. The molecule has 0 atom stereocenters. The van der Waals surface area contributed by atoms with Crippen LogP contribution in [0.15, 0.2) is 29.3 Å². The summed E-state index contributed by atoms with van der Waals surface area (Å²) in [5, 5.41) is 10.5. The number of nitrogens with zero attached hydrogens (tertiary/aromatic N) is 4. The highest BCUT2D eigenvalue weighted by Crippen LogP contribution is 2.26. The van der Waals surface area contributed by atoms with Crippen LogP contribution in [0.3, 0.4) is 0 Å². The lowest BCUT2D eigenvalue weighted by atomic mass is 9.97. The van der Waals surface area contributed by atoms with E-state index in [1.165, 1.54) is 4.31 Å². The summed E-state index contributed by atoms with van der Waals surface area (Å²) < 4.78 is 28.9. The van der Waals surface area contributed by atoms with Gasteiger partial charge in [-0.25, -0.2) is 8.42 Å². The number of carbonyl (C=O) groups is 1. The zero-order chi connectivity index (χ0) is 19.6. The Balaban J connectivity index is 1.59. The third-order valence-corrected chi connectivity index (χ3v) is 7.08. The van der Waals surface area contributed by atoms with Crippen LogP contribution < -0.4 is 5.32 Å². The van der Waals surface area contributed by atoms with Crippen molar-refractivity contribution < 1.29 is 13.2 Å². The molecule has 0 aliphatic carbocycles.